The van der Waals surface area contributed by atoms with Gasteiger partial charge in [-0.05, 0) is 44.2 Å². The second-order valence-corrected chi connectivity index (χ2v) is 5.49. The smallest absolute Gasteiger partial charge is 0.125 e. The Morgan fingerprint density at radius 2 is 2.17 bits per heavy atom. The molecule has 1 heterocycles. The van der Waals surface area contributed by atoms with Crippen LogP contribution < -0.4 is 4.74 Å². The number of hydrogen-bond acceptors (Lipinski definition) is 2. The SMILES string of the molecule is Cc1ccc2c(c1)[C@@H](O)CC(C1CC=CCC1)O2. The van der Waals surface area contributed by atoms with Crippen LogP contribution in [0.15, 0.2) is 30.4 Å². The highest BCUT2D eigenvalue weighted by Crippen LogP contribution is 2.39. The molecule has 2 aliphatic rings. The van der Waals surface area contributed by atoms with Gasteiger partial charge >= 0.3 is 0 Å². The molecule has 0 saturated carbocycles. The summed E-state index contributed by atoms with van der Waals surface area (Å²) >= 11 is 0. The standard InChI is InChI=1S/C16H20O2/c1-11-7-8-15-13(9-11)14(17)10-16(18-15)12-5-3-2-4-6-12/h2-3,7-9,12,14,16-17H,4-6,10H2,1H3/t12?,14-,16?/m0/s1. The van der Waals surface area contributed by atoms with Gasteiger partial charge in [0.2, 0.25) is 0 Å². The molecular weight excluding hydrogens is 224 g/mol. The van der Waals surface area contributed by atoms with Crippen LogP contribution in [0.1, 0.15) is 42.9 Å². The molecule has 1 aromatic carbocycles. The van der Waals surface area contributed by atoms with Crippen molar-refractivity contribution >= 4 is 0 Å². The van der Waals surface area contributed by atoms with Gasteiger partial charge in [0.1, 0.15) is 11.9 Å². The average Bonchev–Trinajstić information content (AvgIpc) is 2.40. The molecule has 0 aromatic heterocycles. The Morgan fingerprint density at radius 1 is 1.28 bits per heavy atom. The maximum Gasteiger partial charge on any atom is 0.125 e. The van der Waals surface area contributed by atoms with Crippen molar-refractivity contribution in [2.24, 2.45) is 5.92 Å². The average molecular weight is 244 g/mol. The maximum absolute atomic E-state index is 10.3. The van der Waals surface area contributed by atoms with E-state index in [0.717, 1.165) is 30.6 Å². The minimum Gasteiger partial charge on any atom is -0.490 e. The van der Waals surface area contributed by atoms with Crippen LogP contribution in [0.25, 0.3) is 0 Å². The summed E-state index contributed by atoms with van der Waals surface area (Å²) in [5.41, 5.74) is 2.13. The van der Waals surface area contributed by atoms with Gasteiger partial charge in [-0.25, -0.2) is 0 Å². The van der Waals surface area contributed by atoms with E-state index in [-0.39, 0.29) is 12.2 Å². The number of aryl methyl sites for hydroxylation is 1. The lowest BCUT2D eigenvalue weighted by molar-refractivity contribution is 0.0314. The zero-order chi connectivity index (χ0) is 12.5. The van der Waals surface area contributed by atoms with Crippen LogP contribution >= 0.6 is 0 Å². The minimum absolute atomic E-state index is 0.167. The second kappa shape index (κ2) is 4.77. The maximum atomic E-state index is 10.3. The molecule has 0 bridgehead atoms. The van der Waals surface area contributed by atoms with Crippen molar-refractivity contribution in [3.05, 3.63) is 41.5 Å². The predicted octanol–water partition coefficient (Wildman–Crippen LogP) is 3.54. The van der Waals surface area contributed by atoms with Crippen molar-refractivity contribution in [3.8, 4) is 5.75 Å². The molecule has 2 nitrogen and oxygen atoms in total. The van der Waals surface area contributed by atoms with Crippen molar-refractivity contribution in [2.75, 3.05) is 0 Å². The van der Waals surface area contributed by atoms with E-state index >= 15 is 0 Å². The van der Waals surface area contributed by atoms with E-state index in [1.807, 2.05) is 19.1 Å². The van der Waals surface area contributed by atoms with E-state index in [1.165, 1.54) is 12.0 Å². The van der Waals surface area contributed by atoms with E-state index < -0.39 is 0 Å². The number of benzene rings is 1. The summed E-state index contributed by atoms with van der Waals surface area (Å²) in [4.78, 5) is 0. The molecule has 18 heavy (non-hydrogen) atoms. The predicted molar refractivity (Wildman–Crippen MR) is 71.7 cm³/mol. The van der Waals surface area contributed by atoms with Crippen LogP contribution in [0.3, 0.4) is 0 Å². The Balaban J connectivity index is 1.82. The van der Waals surface area contributed by atoms with Crippen LogP contribution in [0.5, 0.6) is 5.75 Å². The molecule has 96 valence electrons. The van der Waals surface area contributed by atoms with Gasteiger partial charge in [-0.2, -0.15) is 0 Å². The third kappa shape index (κ3) is 2.17. The first-order valence-corrected chi connectivity index (χ1v) is 6.84. The third-order valence-corrected chi connectivity index (χ3v) is 4.09. The summed E-state index contributed by atoms with van der Waals surface area (Å²) in [5.74, 6) is 1.43. The second-order valence-electron chi connectivity index (χ2n) is 5.49. The van der Waals surface area contributed by atoms with Gasteiger partial charge in [0, 0.05) is 12.0 Å². The number of ether oxygens (including phenoxy) is 1. The largest absolute Gasteiger partial charge is 0.490 e. The lowest BCUT2D eigenvalue weighted by Crippen LogP contribution is -2.33. The highest BCUT2D eigenvalue weighted by Gasteiger charge is 2.32. The zero-order valence-corrected chi connectivity index (χ0v) is 10.8. The van der Waals surface area contributed by atoms with Crippen molar-refractivity contribution in [2.45, 2.75) is 44.8 Å². The summed E-state index contributed by atoms with van der Waals surface area (Å²) in [6.07, 6.45) is 8.41. The summed E-state index contributed by atoms with van der Waals surface area (Å²) in [6.45, 7) is 2.05. The van der Waals surface area contributed by atoms with Gasteiger partial charge in [0.05, 0.1) is 6.10 Å². The van der Waals surface area contributed by atoms with Crippen molar-refractivity contribution in [1.82, 2.24) is 0 Å². The summed E-state index contributed by atoms with van der Waals surface area (Å²) < 4.78 is 6.10. The lowest BCUT2D eigenvalue weighted by atomic mass is 9.84. The summed E-state index contributed by atoms with van der Waals surface area (Å²) in [5, 5.41) is 10.3. The Morgan fingerprint density at radius 3 is 2.94 bits per heavy atom. The van der Waals surface area contributed by atoms with Gasteiger partial charge in [-0.3, -0.25) is 0 Å². The minimum atomic E-state index is -0.371. The van der Waals surface area contributed by atoms with E-state index in [2.05, 4.69) is 18.2 Å². The van der Waals surface area contributed by atoms with Gasteiger partial charge in [0.25, 0.3) is 0 Å². The molecule has 0 radical (unpaired) electrons. The van der Waals surface area contributed by atoms with Gasteiger partial charge in [-0.15, -0.1) is 0 Å². The third-order valence-electron chi connectivity index (χ3n) is 4.09. The monoisotopic (exact) mass is 244 g/mol. The fraction of sp³-hybridized carbons (Fsp3) is 0.500. The van der Waals surface area contributed by atoms with Crippen molar-refractivity contribution < 1.29 is 9.84 Å². The van der Waals surface area contributed by atoms with Gasteiger partial charge in [0.15, 0.2) is 0 Å². The van der Waals surface area contributed by atoms with E-state index in [9.17, 15) is 5.11 Å². The number of hydrogen-bond donors (Lipinski definition) is 1. The van der Waals surface area contributed by atoms with E-state index in [4.69, 9.17) is 4.74 Å². The number of rotatable bonds is 1. The molecule has 2 heteroatoms. The first-order chi connectivity index (χ1) is 8.74. The molecule has 3 atom stereocenters. The van der Waals surface area contributed by atoms with Crippen LogP contribution in [0.4, 0.5) is 0 Å². The van der Waals surface area contributed by atoms with Crippen molar-refractivity contribution in [1.29, 1.82) is 0 Å². The molecule has 0 spiro atoms. The molecule has 0 fully saturated rings. The van der Waals surface area contributed by atoms with E-state index in [0.29, 0.717) is 5.92 Å². The number of fused-ring (bicyclic) bond motifs is 1. The Bertz CT molecular complexity index is 464. The molecule has 0 amide bonds. The Labute approximate surface area is 108 Å². The fourth-order valence-corrected chi connectivity index (χ4v) is 3.04. The molecule has 1 N–H and O–H groups in total. The molecule has 3 rings (SSSR count). The fourth-order valence-electron chi connectivity index (χ4n) is 3.04. The molecular formula is C16H20O2. The topological polar surface area (TPSA) is 29.5 Å². The Kier molecular flexibility index (Phi) is 3.13. The van der Waals surface area contributed by atoms with Gasteiger partial charge in [-0.1, -0.05) is 23.8 Å². The highest BCUT2D eigenvalue weighted by atomic mass is 16.5. The highest BCUT2D eigenvalue weighted by molar-refractivity contribution is 5.40. The first kappa shape index (κ1) is 11.8. The van der Waals surface area contributed by atoms with Crippen molar-refractivity contribution in [3.63, 3.8) is 0 Å². The van der Waals surface area contributed by atoms with E-state index in [1.54, 1.807) is 0 Å². The summed E-state index contributed by atoms with van der Waals surface area (Å²) in [7, 11) is 0. The quantitative estimate of drug-likeness (QED) is 0.766. The zero-order valence-electron chi connectivity index (χ0n) is 10.8. The Hall–Kier alpha value is -1.28. The first-order valence-electron chi connectivity index (χ1n) is 6.84. The molecule has 0 saturated heterocycles. The lowest BCUT2D eigenvalue weighted by Gasteiger charge is -2.35. The van der Waals surface area contributed by atoms with Crippen LogP contribution in [-0.2, 0) is 0 Å². The number of aliphatic hydroxyl groups is 1. The molecule has 1 aliphatic carbocycles. The number of allylic oxidation sites excluding steroid dienone is 2. The van der Waals surface area contributed by atoms with Crippen LogP contribution in [0, 0.1) is 12.8 Å². The van der Waals surface area contributed by atoms with Crippen LogP contribution in [-0.4, -0.2) is 11.2 Å². The normalized spacial score (nSPS) is 30.7. The summed E-state index contributed by atoms with van der Waals surface area (Å²) in [6, 6.07) is 6.09. The molecule has 1 aliphatic heterocycles. The number of aliphatic hydroxyl groups excluding tert-OH is 1. The molecule has 2 unspecified atom stereocenters. The van der Waals surface area contributed by atoms with Gasteiger partial charge < -0.3 is 9.84 Å². The van der Waals surface area contributed by atoms with Crippen LogP contribution in [0.2, 0.25) is 0 Å². The molecule has 1 aromatic rings.